The zero-order valence-corrected chi connectivity index (χ0v) is 17.7. The standard InChI is InChI=1S/C21H17BrN4O2S/c22-16-7-8-19(26-10-4-9-23-26)18(11-16)25-20(27)14-29-13-17-12-28-21(24-17)15-5-2-1-3-6-15/h1-12H,13-14H2,(H,25,27). The average Bonchev–Trinajstić information content (AvgIpc) is 3.41. The van der Waals surface area contributed by atoms with Crippen LogP contribution in [0.25, 0.3) is 17.1 Å². The molecule has 0 aliphatic heterocycles. The maximum atomic E-state index is 12.4. The lowest BCUT2D eigenvalue weighted by Crippen LogP contribution is -2.16. The molecule has 2 aromatic heterocycles. The van der Waals surface area contributed by atoms with E-state index in [0.29, 0.717) is 23.1 Å². The summed E-state index contributed by atoms with van der Waals surface area (Å²) in [5.41, 5.74) is 3.24. The van der Waals surface area contributed by atoms with E-state index in [-0.39, 0.29) is 5.91 Å². The Kier molecular flexibility index (Phi) is 6.12. The topological polar surface area (TPSA) is 73.0 Å². The van der Waals surface area contributed by atoms with Gasteiger partial charge in [-0.1, -0.05) is 34.1 Å². The molecule has 6 nitrogen and oxygen atoms in total. The first kappa shape index (κ1) is 19.5. The summed E-state index contributed by atoms with van der Waals surface area (Å²) in [6, 6.07) is 17.3. The van der Waals surface area contributed by atoms with Crippen molar-refractivity contribution in [2.75, 3.05) is 11.1 Å². The Morgan fingerprint density at radius 2 is 2.03 bits per heavy atom. The Morgan fingerprint density at radius 1 is 1.17 bits per heavy atom. The summed E-state index contributed by atoms with van der Waals surface area (Å²) >= 11 is 4.93. The summed E-state index contributed by atoms with van der Waals surface area (Å²) < 4.78 is 8.13. The van der Waals surface area contributed by atoms with Crippen LogP contribution < -0.4 is 5.32 Å². The number of rotatable bonds is 7. The quantitative estimate of drug-likeness (QED) is 0.405. The van der Waals surface area contributed by atoms with Crippen LogP contribution in [0.15, 0.2) is 82.1 Å². The zero-order valence-electron chi connectivity index (χ0n) is 15.3. The van der Waals surface area contributed by atoms with E-state index in [1.54, 1.807) is 17.1 Å². The number of benzene rings is 2. The Morgan fingerprint density at radius 3 is 2.83 bits per heavy atom. The Hall–Kier alpha value is -2.84. The van der Waals surface area contributed by atoms with Gasteiger partial charge in [-0.3, -0.25) is 4.79 Å². The van der Waals surface area contributed by atoms with E-state index in [4.69, 9.17) is 4.42 Å². The fourth-order valence-electron chi connectivity index (χ4n) is 2.74. The van der Waals surface area contributed by atoms with Crippen molar-refractivity contribution >= 4 is 39.3 Å². The molecule has 1 N–H and O–H groups in total. The summed E-state index contributed by atoms with van der Waals surface area (Å²) in [7, 11) is 0. The van der Waals surface area contributed by atoms with Gasteiger partial charge in [0.25, 0.3) is 0 Å². The van der Waals surface area contributed by atoms with Gasteiger partial charge in [-0.15, -0.1) is 11.8 Å². The molecular weight excluding hydrogens is 452 g/mol. The third kappa shape index (κ3) is 4.96. The van der Waals surface area contributed by atoms with Crippen LogP contribution in [-0.4, -0.2) is 26.4 Å². The lowest BCUT2D eigenvalue weighted by atomic mass is 10.2. The molecule has 1 amide bonds. The van der Waals surface area contributed by atoms with Crippen LogP contribution in [0.5, 0.6) is 0 Å². The van der Waals surface area contributed by atoms with E-state index in [0.717, 1.165) is 21.4 Å². The van der Waals surface area contributed by atoms with Crippen molar-refractivity contribution in [3.63, 3.8) is 0 Å². The number of carbonyl (C=O) groups excluding carboxylic acids is 1. The minimum atomic E-state index is -0.0896. The van der Waals surface area contributed by atoms with Crippen molar-refractivity contribution in [1.82, 2.24) is 14.8 Å². The average molecular weight is 469 g/mol. The van der Waals surface area contributed by atoms with Crippen LogP contribution in [0.2, 0.25) is 0 Å². The van der Waals surface area contributed by atoms with Crippen molar-refractivity contribution < 1.29 is 9.21 Å². The van der Waals surface area contributed by atoms with Crippen LogP contribution in [0.4, 0.5) is 5.69 Å². The van der Waals surface area contributed by atoms with E-state index in [1.165, 1.54) is 11.8 Å². The Bertz CT molecular complexity index is 1100. The summed E-state index contributed by atoms with van der Waals surface area (Å²) in [5, 5.41) is 7.20. The van der Waals surface area contributed by atoms with E-state index in [2.05, 4.69) is 31.3 Å². The number of amides is 1. The van der Waals surface area contributed by atoms with Crippen molar-refractivity contribution in [2.24, 2.45) is 0 Å². The molecule has 8 heteroatoms. The van der Waals surface area contributed by atoms with E-state index in [1.807, 2.05) is 60.8 Å². The minimum Gasteiger partial charge on any atom is -0.444 e. The number of hydrogen-bond donors (Lipinski definition) is 1. The summed E-state index contributed by atoms with van der Waals surface area (Å²) in [5.74, 6) is 1.39. The van der Waals surface area contributed by atoms with E-state index < -0.39 is 0 Å². The normalized spacial score (nSPS) is 10.8. The highest BCUT2D eigenvalue weighted by atomic mass is 79.9. The van der Waals surface area contributed by atoms with Gasteiger partial charge in [0.2, 0.25) is 11.8 Å². The van der Waals surface area contributed by atoms with Crippen LogP contribution >= 0.6 is 27.7 Å². The lowest BCUT2D eigenvalue weighted by molar-refractivity contribution is -0.113. The monoisotopic (exact) mass is 468 g/mol. The minimum absolute atomic E-state index is 0.0896. The maximum Gasteiger partial charge on any atom is 0.234 e. The van der Waals surface area contributed by atoms with Gasteiger partial charge in [0.1, 0.15) is 6.26 Å². The van der Waals surface area contributed by atoms with Crippen LogP contribution in [0.1, 0.15) is 5.69 Å². The number of nitrogens with one attached hydrogen (secondary N) is 1. The molecule has 0 aliphatic carbocycles. The van der Waals surface area contributed by atoms with Crippen LogP contribution in [0, 0.1) is 0 Å². The molecule has 0 atom stereocenters. The number of hydrogen-bond acceptors (Lipinski definition) is 5. The van der Waals surface area contributed by atoms with Crippen molar-refractivity contribution in [3.8, 4) is 17.1 Å². The van der Waals surface area contributed by atoms with E-state index >= 15 is 0 Å². The zero-order chi connectivity index (χ0) is 20.1. The largest absolute Gasteiger partial charge is 0.444 e. The molecule has 29 heavy (non-hydrogen) atoms. The molecule has 2 aromatic carbocycles. The highest BCUT2D eigenvalue weighted by Crippen LogP contribution is 2.25. The second-order valence-corrected chi connectivity index (χ2v) is 8.06. The predicted molar refractivity (Wildman–Crippen MR) is 118 cm³/mol. The van der Waals surface area contributed by atoms with E-state index in [9.17, 15) is 4.79 Å². The number of oxazole rings is 1. The van der Waals surface area contributed by atoms with Gasteiger partial charge in [0.05, 0.1) is 22.8 Å². The molecule has 2 heterocycles. The first-order valence-corrected chi connectivity index (χ1v) is 10.8. The smallest absolute Gasteiger partial charge is 0.234 e. The summed E-state index contributed by atoms with van der Waals surface area (Å²) in [6.45, 7) is 0. The second kappa shape index (κ2) is 9.11. The SMILES string of the molecule is O=C(CSCc1coc(-c2ccccc2)n1)Nc1cc(Br)ccc1-n1cccn1. The Balaban J connectivity index is 1.35. The van der Waals surface area contributed by atoms with Gasteiger partial charge in [-0.05, 0) is 36.4 Å². The molecule has 4 aromatic rings. The molecule has 0 aliphatic rings. The molecule has 0 radical (unpaired) electrons. The number of thioether (sulfide) groups is 1. The number of carbonyl (C=O) groups is 1. The first-order valence-electron chi connectivity index (χ1n) is 8.86. The fourth-order valence-corrected chi connectivity index (χ4v) is 3.80. The molecule has 0 bridgehead atoms. The second-order valence-electron chi connectivity index (χ2n) is 6.16. The molecule has 0 unspecified atom stereocenters. The summed E-state index contributed by atoms with van der Waals surface area (Å²) in [4.78, 5) is 16.9. The number of anilines is 1. The molecule has 4 rings (SSSR count). The van der Waals surface area contributed by atoms with Gasteiger partial charge in [0, 0.05) is 28.2 Å². The predicted octanol–water partition coefficient (Wildman–Crippen LogP) is 5.16. The van der Waals surface area contributed by atoms with Gasteiger partial charge in [-0.25, -0.2) is 9.67 Å². The Labute approximate surface area is 180 Å². The molecule has 0 spiro atoms. The third-order valence-corrected chi connectivity index (χ3v) is 5.50. The van der Waals surface area contributed by atoms with Gasteiger partial charge < -0.3 is 9.73 Å². The molecule has 0 fully saturated rings. The summed E-state index contributed by atoms with van der Waals surface area (Å²) in [6.07, 6.45) is 5.17. The van der Waals surface area contributed by atoms with Crippen molar-refractivity contribution in [1.29, 1.82) is 0 Å². The maximum absolute atomic E-state index is 12.4. The molecular formula is C21H17BrN4O2S. The third-order valence-electron chi connectivity index (χ3n) is 4.04. The molecule has 0 saturated carbocycles. The van der Waals surface area contributed by atoms with Gasteiger partial charge in [0.15, 0.2) is 0 Å². The lowest BCUT2D eigenvalue weighted by Gasteiger charge is -2.11. The fraction of sp³-hybridized carbons (Fsp3) is 0.0952. The highest BCUT2D eigenvalue weighted by molar-refractivity contribution is 9.10. The van der Waals surface area contributed by atoms with Crippen LogP contribution in [-0.2, 0) is 10.5 Å². The van der Waals surface area contributed by atoms with Gasteiger partial charge >= 0.3 is 0 Å². The van der Waals surface area contributed by atoms with Gasteiger partial charge in [-0.2, -0.15) is 5.10 Å². The number of halogens is 1. The highest BCUT2D eigenvalue weighted by Gasteiger charge is 2.11. The van der Waals surface area contributed by atoms with Crippen LogP contribution in [0.3, 0.4) is 0 Å². The number of aromatic nitrogens is 3. The molecule has 146 valence electrons. The van der Waals surface area contributed by atoms with Crippen molar-refractivity contribution in [2.45, 2.75) is 5.75 Å². The first-order chi connectivity index (χ1) is 14.2. The van der Waals surface area contributed by atoms with Crippen molar-refractivity contribution in [3.05, 3.63) is 83.4 Å². The molecule has 0 saturated heterocycles. The number of nitrogens with zero attached hydrogens (tertiary/aromatic N) is 3.